The van der Waals surface area contributed by atoms with Crippen LogP contribution in [0.5, 0.6) is 0 Å². The molecule has 7 heteroatoms. The summed E-state index contributed by atoms with van der Waals surface area (Å²) in [5.74, 6) is 0. The van der Waals surface area contributed by atoms with Crippen LogP contribution in [0.3, 0.4) is 0 Å². The second-order valence-corrected chi connectivity index (χ2v) is 10.5. The van der Waals surface area contributed by atoms with Crippen LogP contribution < -0.4 is 0 Å². The molecule has 0 aliphatic rings. The molecule has 1 unspecified atom stereocenters. The molecular formula is C23H38N2O3S2. The molecule has 170 valence electrons. The quantitative estimate of drug-likeness (QED) is 0.169. The summed E-state index contributed by atoms with van der Waals surface area (Å²) >= 11 is 4.73. The maximum atomic E-state index is 11.3. The van der Waals surface area contributed by atoms with E-state index in [0.29, 0.717) is 5.52 Å². The van der Waals surface area contributed by atoms with Gasteiger partial charge >= 0.3 is 0 Å². The minimum atomic E-state index is -4.20. The van der Waals surface area contributed by atoms with Crippen LogP contribution in [0, 0.1) is 0 Å². The van der Waals surface area contributed by atoms with E-state index in [1.807, 2.05) is 4.57 Å². The Balaban J connectivity index is 1.59. The van der Waals surface area contributed by atoms with E-state index in [0.717, 1.165) is 18.5 Å². The first kappa shape index (κ1) is 25.2. The first-order valence-corrected chi connectivity index (χ1v) is 13.5. The van der Waals surface area contributed by atoms with Crippen molar-refractivity contribution in [1.82, 2.24) is 9.55 Å². The molecule has 0 bridgehead atoms. The summed E-state index contributed by atoms with van der Waals surface area (Å²) < 4.78 is 33.7. The molecule has 0 aliphatic carbocycles. The fourth-order valence-electron chi connectivity index (χ4n) is 3.89. The van der Waals surface area contributed by atoms with Crippen LogP contribution in [0.25, 0.3) is 11.0 Å². The average molecular weight is 455 g/mol. The van der Waals surface area contributed by atoms with Crippen LogP contribution in [0.1, 0.15) is 90.4 Å². The Labute approximate surface area is 187 Å². The summed E-state index contributed by atoms with van der Waals surface area (Å²) in [7, 11) is -4.20. The Morgan fingerprint density at radius 3 is 2.10 bits per heavy atom. The van der Waals surface area contributed by atoms with Gasteiger partial charge in [-0.3, -0.25) is 4.55 Å². The van der Waals surface area contributed by atoms with Crippen LogP contribution in [0.2, 0.25) is 0 Å². The second-order valence-electron chi connectivity index (χ2n) is 8.35. The number of aromatic nitrogens is 2. The molecule has 1 aromatic carbocycles. The van der Waals surface area contributed by atoms with E-state index in [1.165, 1.54) is 89.2 Å². The predicted molar refractivity (Wildman–Crippen MR) is 128 cm³/mol. The smallest absolute Gasteiger partial charge is 0.294 e. The van der Waals surface area contributed by atoms with Gasteiger partial charge < -0.3 is 4.57 Å². The van der Waals surface area contributed by atoms with Gasteiger partial charge in [0.25, 0.3) is 10.1 Å². The largest absolute Gasteiger partial charge is 0.329 e. The molecule has 0 saturated carbocycles. The molecule has 0 amide bonds. The zero-order chi connectivity index (χ0) is 21.8. The lowest BCUT2D eigenvalue weighted by Crippen LogP contribution is -2.09. The third kappa shape index (κ3) is 8.98. The molecule has 2 aromatic rings. The summed E-state index contributed by atoms with van der Waals surface area (Å²) in [5, 5.41) is 0.242. The van der Waals surface area contributed by atoms with E-state index in [4.69, 9.17) is 17.2 Å². The second kappa shape index (κ2) is 13.4. The van der Waals surface area contributed by atoms with Gasteiger partial charge in [0, 0.05) is 11.8 Å². The predicted octanol–water partition coefficient (Wildman–Crippen LogP) is 6.67. The van der Waals surface area contributed by atoms with Crippen molar-refractivity contribution >= 4 is 33.8 Å². The van der Waals surface area contributed by atoms with E-state index < -0.39 is 10.1 Å². The normalized spacial score (nSPS) is 13.2. The van der Waals surface area contributed by atoms with E-state index in [-0.39, 0.29) is 10.1 Å². The van der Waals surface area contributed by atoms with Gasteiger partial charge in [0.2, 0.25) is 0 Å². The molecule has 30 heavy (non-hydrogen) atoms. The van der Waals surface area contributed by atoms with E-state index >= 15 is 0 Å². The highest BCUT2D eigenvalue weighted by Crippen LogP contribution is 2.20. The first-order valence-electron chi connectivity index (χ1n) is 11.5. The number of rotatable bonds is 16. The van der Waals surface area contributed by atoms with E-state index in [2.05, 4.69) is 11.9 Å². The van der Waals surface area contributed by atoms with Gasteiger partial charge in [0.1, 0.15) is 0 Å². The summed E-state index contributed by atoms with van der Waals surface area (Å²) in [5.41, 5.74) is 1.42. The molecule has 0 aliphatic heterocycles. The van der Waals surface area contributed by atoms with Gasteiger partial charge in [-0.15, -0.1) is 0 Å². The number of thiol groups is 1. The summed E-state index contributed by atoms with van der Waals surface area (Å²) in [6, 6.07) is 4.50. The molecule has 0 radical (unpaired) electrons. The van der Waals surface area contributed by atoms with Crippen LogP contribution in [0.15, 0.2) is 29.4 Å². The third-order valence-corrected chi connectivity index (χ3v) is 6.96. The van der Waals surface area contributed by atoms with Crippen molar-refractivity contribution in [3.63, 3.8) is 0 Å². The molecule has 1 aromatic heterocycles. The highest BCUT2D eigenvalue weighted by atomic mass is 32.2. The number of fused-ring (bicyclic) bond motifs is 1. The Morgan fingerprint density at radius 2 is 1.53 bits per heavy atom. The third-order valence-electron chi connectivity index (χ3n) is 5.69. The van der Waals surface area contributed by atoms with Crippen molar-refractivity contribution in [2.75, 3.05) is 0 Å². The molecule has 1 atom stereocenters. The first-order chi connectivity index (χ1) is 14.4. The number of nitrogens with zero attached hydrogens (tertiary/aromatic N) is 2. The standard InChI is InChI=1S/C23H38N2O3S2/c1-2-3-4-5-6-7-8-9-10-11-12-13-14-20(29)18-25-19-24-22-17-21(30(26,27)28)15-16-23(22)25/h15-17,19-20,29H,2-14,18H2,1H3,(H,26,27,28). The Hall–Kier alpha value is -1.05. The maximum absolute atomic E-state index is 11.3. The summed E-state index contributed by atoms with van der Waals surface area (Å²) in [4.78, 5) is 4.14. The van der Waals surface area contributed by atoms with Crippen molar-refractivity contribution in [2.24, 2.45) is 0 Å². The number of hydrogen-bond donors (Lipinski definition) is 2. The Kier molecular flexibility index (Phi) is 11.2. The molecule has 0 fully saturated rings. The van der Waals surface area contributed by atoms with Gasteiger partial charge in [-0.1, -0.05) is 84.0 Å². The summed E-state index contributed by atoms with van der Waals surface area (Å²) in [6.07, 6.45) is 18.9. The topological polar surface area (TPSA) is 72.2 Å². The average Bonchev–Trinajstić information content (AvgIpc) is 3.10. The Morgan fingerprint density at radius 1 is 0.967 bits per heavy atom. The van der Waals surface area contributed by atoms with Gasteiger partial charge in [-0.25, -0.2) is 4.98 Å². The van der Waals surface area contributed by atoms with Crippen molar-refractivity contribution in [2.45, 2.75) is 107 Å². The van der Waals surface area contributed by atoms with Crippen LogP contribution >= 0.6 is 12.6 Å². The SMILES string of the molecule is CCCCCCCCCCCCCCC(S)Cn1cnc2cc(S(=O)(=O)O)ccc21. The highest BCUT2D eigenvalue weighted by Gasteiger charge is 2.13. The Bertz CT molecular complexity index is 849. The van der Waals surface area contributed by atoms with Crippen LogP contribution in [0.4, 0.5) is 0 Å². The van der Waals surface area contributed by atoms with E-state index in [9.17, 15) is 8.42 Å². The minimum Gasteiger partial charge on any atom is -0.329 e. The van der Waals surface area contributed by atoms with Gasteiger partial charge in [0.05, 0.1) is 22.3 Å². The fraction of sp³-hybridized carbons (Fsp3) is 0.696. The lowest BCUT2D eigenvalue weighted by atomic mass is 10.0. The maximum Gasteiger partial charge on any atom is 0.294 e. The number of hydrogen-bond acceptors (Lipinski definition) is 4. The van der Waals surface area contributed by atoms with Gasteiger partial charge in [-0.05, 0) is 24.6 Å². The van der Waals surface area contributed by atoms with Gasteiger partial charge in [0.15, 0.2) is 0 Å². The van der Waals surface area contributed by atoms with E-state index in [1.54, 1.807) is 12.4 Å². The van der Waals surface area contributed by atoms with Crippen molar-refractivity contribution in [3.05, 3.63) is 24.5 Å². The zero-order valence-corrected chi connectivity index (χ0v) is 20.0. The van der Waals surface area contributed by atoms with Crippen molar-refractivity contribution in [3.8, 4) is 0 Å². The molecule has 2 rings (SSSR count). The van der Waals surface area contributed by atoms with Crippen LogP contribution in [-0.2, 0) is 16.7 Å². The fourth-order valence-corrected chi connectivity index (χ4v) is 4.75. The molecule has 5 nitrogen and oxygen atoms in total. The lowest BCUT2D eigenvalue weighted by molar-refractivity contribution is 0.483. The molecule has 0 saturated heterocycles. The molecule has 1 N–H and O–H groups in total. The molecule has 1 heterocycles. The lowest BCUT2D eigenvalue weighted by Gasteiger charge is -2.12. The van der Waals surface area contributed by atoms with Gasteiger partial charge in [-0.2, -0.15) is 21.0 Å². The number of benzene rings is 1. The molecular weight excluding hydrogens is 416 g/mol. The summed E-state index contributed by atoms with van der Waals surface area (Å²) in [6.45, 7) is 3.00. The number of unbranched alkanes of at least 4 members (excludes halogenated alkanes) is 11. The minimum absolute atomic E-state index is 0.126. The molecule has 0 spiro atoms. The zero-order valence-electron chi connectivity index (χ0n) is 18.3. The monoisotopic (exact) mass is 454 g/mol. The number of imidazole rings is 1. The van der Waals surface area contributed by atoms with Crippen molar-refractivity contribution in [1.29, 1.82) is 0 Å². The van der Waals surface area contributed by atoms with Crippen molar-refractivity contribution < 1.29 is 13.0 Å². The van der Waals surface area contributed by atoms with Crippen LogP contribution in [-0.4, -0.2) is 27.8 Å². The highest BCUT2D eigenvalue weighted by molar-refractivity contribution is 7.85.